The molecule has 1 amide bonds. The molecule has 2 aromatic carbocycles. The zero-order chi connectivity index (χ0) is 26.4. The molecule has 0 bridgehead atoms. The second-order valence-electron chi connectivity index (χ2n) is 9.31. The van der Waals surface area contributed by atoms with Crippen molar-refractivity contribution in [2.45, 2.75) is 26.1 Å². The van der Waals surface area contributed by atoms with Gasteiger partial charge in [0.1, 0.15) is 0 Å². The summed E-state index contributed by atoms with van der Waals surface area (Å²) in [5.41, 5.74) is 4.19. The van der Waals surface area contributed by atoms with E-state index in [0.29, 0.717) is 17.9 Å². The number of carbonyl (C=O) groups excluding carboxylic acids is 1. The Morgan fingerprint density at radius 1 is 1.11 bits per heavy atom. The number of aromatic amines is 1. The van der Waals surface area contributed by atoms with Gasteiger partial charge in [0.2, 0.25) is 0 Å². The van der Waals surface area contributed by atoms with Crippen LogP contribution in [-0.2, 0) is 19.1 Å². The van der Waals surface area contributed by atoms with E-state index in [-0.39, 0.29) is 11.3 Å². The summed E-state index contributed by atoms with van der Waals surface area (Å²) >= 11 is 0. The second kappa shape index (κ2) is 9.02. The zero-order valence-corrected chi connectivity index (χ0v) is 20.3. The Bertz CT molecular complexity index is 1670. The van der Waals surface area contributed by atoms with Gasteiger partial charge >= 0.3 is 6.18 Å². The lowest BCUT2D eigenvalue weighted by molar-refractivity contribution is -0.137. The fraction of sp³-hybridized carbons (Fsp3) is 0.185. The van der Waals surface area contributed by atoms with Gasteiger partial charge in [0, 0.05) is 53.5 Å². The van der Waals surface area contributed by atoms with E-state index in [1.807, 2.05) is 18.2 Å². The van der Waals surface area contributed by atoms with Gasteiger partial charge in [-0.15, -0.1) is 0 Å². The van der Waals surface area contributed by atoms with Gasteiger partial charge in [-0.1, -0.05) is 6.07 Å². The summed E-state index contributed by atoms with van der Waals surface area (Å²) in [6.45, 7) is 3.17. The van der Waals surface area contributed by atoms with Crippen molar-refractivity contribution >= 4 is 28.3 Å². The van der Waals surface area contributed by atoms with Gasteiger partial charge in [-0.25, -0.2) is 9.97 Å². The van der Waals surface area contributed by atoms with E-state index in [1.54, 1.807) is 31.6 Å². The molecule has 4 heterocycles. The van der Waals surface area contributed by atoms with Crippen LogP contribution in [0.2, 0.25) is 0 Å². The number of nitrogens with zero attached hydrogens (tertiary/aromatic N) is 5. The minimum atomic E-state index is -4.61. The highest BCUT2D eigenvalue weighted by atomic mass is 19.4. The van der Waals surface area contributed by atoms with Crippen LogP contribution in [0.15, 0.2) is 67.4 Å². The standard InChI is InChI=1S/C27H22F3N7O/c1-16-13-37(15-32-16)23-8-19(7-21(9-23)27(28,29)30)26(38)34-22-3-2-18-4-5-36(24(18)10-22)14-17-6-20-12-33-35-25(20)31-11-17/h2-3,6-13,15H,4-5,14H2,1H3,(H,34,38)(H,31,33,35). The van der Waals surface area contributed by atoms with Crippen molar-refractivity contribution in [2.75, 3.05) is 16.8 Å². The fourth-order valence-electron chi connectivity index (χ4n) is 4.70. The van der Waals surface area contributed by atoms with Crippen molar-refractivity contribution in [3.8, 4) is 5.69 Å². The first kappa shape index (κ1) is 23.7. The van der Waals surface area contributed by atoms with E-state index in [1.165, 1.54) is 17.0 Å². The molecule has 192 valence electrons. The molecular formula is C27H22F3N7O. The maximum absolute atomic E-state index is 13.6. The highest BCUT2D eigenvalue weighted by Crippen LogP contribution is 2.34. The third-order valence-corrected chi connectivity index (χ3v) is 6.57. The summed E-state index contributed by atoms with van der Waals surface area (Å²) in [7, 11) is 0. The number of benzene rings is 2. The molecule has 6 rings (SSSR count). The van der Waals surface area contributed by atoms with Crippen molar-refractivity contribution in [3.63, 3.8) is 0 Å². The van der Waals surface area contributed by atoms with Crippen LogP contribution in [0.3, 0.4) is 0 Å². The largest absolute Gasteiger partial charge is 0.416 e. The molecule has 0 atom stereocenters. The van der Waals surface area contributed by atoms with Gasteiger partial charge in [-0.05, 0) is 60.9 Å². The predicted octanol–water partition coefficient (Wildman–Crippen LogP) is 5.29. The predicted molar refractivity (Wildman–Crippen MR) is 136 cm³/mol. The molecule has 3 aromatic heterocycles. The number of pyridine rings is 1. The van der Waals surface area contributed by atoms with Crippen LogP contribution >= 0.6 is 0 Å². The van der Waals surface area contributed by atoms with E-state index in [9.17, 15) is 18.0 Å². The maximum atomic E-state index is 13.6. The smallest absolute Gasteiger partial charge is 0.367 e. The number of carbonyl (C=O) groups is 1. The zero-order valence-electron chi connectivity index (χ0n) is 20.3. The Labute approximate surface area is 215 Å². The first-order chi connectivity index (χ1) is 18.2. The number of imidazole rings is 1. The number of hydrogen-bond acceptors (Lipinski definition) is 5. The fourth-order valence-corrected chi connectivity index (χ4v) is 4.70. The Balaban J connectivity index is 1.26. The number of halogens is 3. The molecule has 0 aliphatic carbocycles. The summed E-state index contributed by atoms with van der Waals surface area (Å²) in [6, 6.07) is 10.9. The summed E-state index contributed by atoms with van der Waals surface area (Å²) in [5, 5.41) is 10.5. The highest BCUT2D eigenvalue weighted by molar-refractivity contribution is 6.05. The molecule has 0 unspecified atom stereocenters. The van der Waals surface area contributed by atoms with Crippen molar-refractivity contribution < 1.29 is 18.0 Å². The number of aromatic nitrogens is 5. The van der Waals surface area contributed by atoms with Gasteiger partial charge in [0.05, 0.1) is 23.8 Å². The van der Waals surface area contributed by atoms with E-state index in [2.05, 4.69) is 30.4 Å². The quantitative estimate of drug-likeness (QED) is 0.331. The van der Waals surface area contributed by atoms with E-state index in [0.717, 1.165) is 52.9 Å². The molecule has 0 fully saturated rings. The summed E-state index contributed by atoms with van der Waals surface area (Å²) < 4.78 is 42.3. The van der Waals surface area contributed by atoms with E-state index >= 15 is 0 Å². The molecule has 1 aliphatic heterocycles. The van der Waals surface area contributed by atoms with Crippen LogP contribution in [-0.4, -0.2) is 37.2 Å². The summed E-state index contributed by atoms with van der Waals surface area (Å²) in [5.74, 6) is -0.631. The molecule has 1 aliphatic rings. The molecular weight excluding hydrogens is 495 g/mol. The maximum Gasteiger partial charge on any atom is 0.416 e. The molecule has 2 N–H and O–H groups in total. The van der Waals surface area contributed by atoms with Gasteiger partial charge in [-0.3, -0.25) is 9.89 Å². The number of fused-ring (bicyclic) bond motifs is 2. The molecule has 5 aromatic rings. The van der Waals surface area contributed by atoms with Crippen LogP contribution in [0, 0.1) is 6.92 Å². The number of alkyl halides is 3. The van der Waals surface area contributed by atoms with Crippen LogP contribution in [0.25, 0.3) is 16.7 Å². The minimum Gasteiger partial charge on any atom is -0.367 e. The summed E-state index contributed by atoms with van der Waals surface area (Å²) in [6.07, 6.45) is 2.80. The number of hydrogen-bond donors (Lipinski definition) is 2. The van der Waals surface area contributed by atoms with Gasteiger partial charge in [0.15, 0.2) is 5.65 Å². The number of amides is 1. The van der Waals surface area contributed by atoms with Crippen molar-refractivity contribution in [1.29, 1.82) is 0 Å². The number of nitrogens with one attached hydrogen (secondary N) is 2. The second-order valence-corrected chi connectivity index (χ2v) is 9.31. The number of aryl methyl sites for hydroxylation is 1. The highest BCUT2D eigenvalue weighted by Gasteiger charge is 2.32. The lowest BCUT2D eigenvalue weighted by atomic mass is 10.1. The first-order valence-electron chi connectivity index (χ1n) is 11.9. The average Bonchev–Trinajstić information content (AvgIpc) is 3.63. The van der Waals surface area contributed by atoms with Gasteiger partial charge in [-0.2, -0.15) is 18.3 Å². The average molecular weight is 518 g/mol. The van der Waals surface area contributed by atoms with Crippen LogP contribution in [0.4, 0.5) is 24.5 Å². The minimum absolute atomic E-state index is 0.0991. The number of rotatable bonds is 5. The molecule has 0 saturated carbocycles. The van der Waals surface area contributed by atoms with Crippen molar-refractivity contribution in [1.82, 2.24) is 24.7 Å². The number of anilines is 2. The van der Waals surface area contributed by atoms with E-state index in [4.69, 9.17) is 0 Å². The molecule has 8 nitrogen and oxygen atoms in total. The molecule has 0 saturated heterocycles. The van der Waals surface area contributed by atoms with Crippen LogP contribution < -0.4 is 10.2 Å². The molecule has 0 radical (unpaired) electrons. The normalized spacial score (nSPS) is 13.2. The molecule has 11 heteroatoms. The molecule has 0 spiro atoms. The SMILES string of the molecule is Cc1cn(-c2cc(C(=O)Nc3ccc4c(c3)N(Cc3cnc5[nH]ncc5c3)CC4)cc(C(F)(F)F)c2)cn1. The van der Waals surface area contributed by atoms with Gasteiger partial charge < -0.3 is 14.8 Å². The Morgan fingerprint density at radius 2 is 1.97 bits per heavy atom. The third kappa shape index (κ3) is 4.58. The topological polar surface area (TPSA) is 91.7 Å². The Morgan fingerprint density at radius 3 is 2.76 bits per heavy atom. The lowest BCUT2D eigenvalue weighted by Crippen LogP contribution is -2.20. The lowest BCUT2D eigenvalue weighted by Gasteiger charge is -2.20. The monoisotopic (exact) mass is 517 g/mol. The Hall–Kier alpha value is -4.67. The van der Waals surface area contributed by atoms with Gasteiger partial charge in [0.25, 0.3) is 5.91 Å². The number of H-pyrrole nitrogens is 1. The van der Waals surface area contributed by atoms with E-state index < -0.39 is 17.6 Å². The summed E-state index contributed by atoms with van der Waals surface area (Å²) in [4.78, 5) is 23.8. The van der Waals surface area contributed by atoms with Crippen LogP contribution in [0.5, 0.6) is 0 Å². The first-order valence-corrected chi connectivity index (χ1v) is 11.9. The van der Waals surface area contributed by atoms with Crippen LogP contribution in [0.1, 0.15) is 32.7 Å². The molecule has 38 heavy (non-hydrogen) atoms. The third-order valence-electron chi connectivity index (χ3n) is 6.57. The van der Waals surface area contributed by atoms with Crippen molar-refractivity contribution in [2.24, 2.45) is 0 Å². The van der Waals surface area contributed by atoms with Crippen molar-refractivity contribution in [3.05, 3.63) is 95.3 Å². The Kier molecular flexibility index (Phi) is 5.63.